The molecule has 0 bridgehead atoms. The maximum absolute atomic E-state index is 10.3. The summed E-state index contributed by atoms with van der Waals surface area (Å²) in [7, 11) is 0. The van der Waals surface area contributed by atoms with Crippen LogP contribution in [-0.2, 0) is 14.4 Å². The summed E-state index contributed by atoms with van der Waals surface area (Å²) in [5.41, 5.74) is 14.2. The van der Waals surface area contributed by atoms with E-state index in [0.717, 1.165) is 83.7 Å². The molecule has 0 rings (SSSR count). The van der Waals surface area contributed by atoms with Gasteiger partial charge in [-0.2, -0.15) is 0 Å². The van der Waals surface area contributed by atoms with E-state index in [2.05, 4.69) is 86.1 Å². The van der Waals surface area contributed by atoms with Crippen molar-refractivity contribution >= 4 is 41.0 Å². The Morgan fingerprint density at radius 3 is 1.51 bits per heavy atom. The fourth-order valence-electron chi connectivity index (χ4n) is 3.07. The van der Waals surface area contributed by atoms with Crippen molar-refractivity contribution in [1.29, 1.82) is 0 Å². The van der Waals surface area contributed by atoms with Gasteiger partial charge in [0.1, 0.15) is 0 Å². The van der Waals surface area contributed by atoms with Gasteiger partial charge in [-0.3, -0.25) is 4.79 Å². The van der Waals surface area contributed by atoms with E-state index in [9.17, 15) is 24.6 Å². The van der Waals surface area contributed by atoms with Crippen LogP contribution in [0.4, 0.5) is 0 Å². The van der Waals surface area contributed by atoms with Gasteiger partial charge in [0, 0.05) is 18.4 Å². The second kappa shape index (κ2) is 39.8. The average Bonchev–Trinajstić information content (AvgIpc) is 2.95. The van der Waals surface area contributed by atoms with Crippen molar-refractivity contribution in [3.05, 3.63) is 73.4 Å². The molecular weight excluding hydrogens is 559 g/mol. The second-order valence-corrected chi connectivity index (χ2v) is 9.58. The van der Waals surface area contributed by atoms with Gasteiger partial charge < -0.3 is 49.0 Å². The van der Waals surface area contributed by atoms with Crippen molar-refractivity contribution in [2.45, 2.75) is 103 Å². The van der Waals surface area contributed by atoms with Crippen LogP contribution in [-0.4, -0.2) is 65.2 Å². The molecule has 0 unspecified atom stereocenters. The van der Waals surface area contributed by atoms with Crippen LogP contribution in [0.5, 0.6) is 0 Å². The fourth-order valence-corrected chi connectivity index (χ4v) is 3.07. The zero-order valence-electron chi connectivity index (χ0n) is 26.6. The number of hydrogen-bond acceptors (Lipinski definition) is 5. The predicted octanol–water partition coefficient (Wildman–Crippen LogP) is 2.78. The van der Waals surface area contributed by atoms with Crippen molar-refractivity contribution < 1.29 is 41.2 Å². The van der Waals surface area contributed by atoms with E-state index in [-0.39, 0.29) is 29.5 Å². The Balaban J connectivity index is -0.000000301. The Bertz CT molecular complexity index is 772. The van der Waals surface area contributed by atoms with Gasteiger partial charge in [-0.25, -0.2) is 0 Å². The summed E-state index contributed by atoms with van der Waals surface area (Å²) in [6.45, 7) is 7.24. The van der Waals surface area contributed by atoms with Crippen LogP contribution in [0.2, 0.25) is 0 Å². The molecule has 8 N–H and O–H groups in total. The van der Waals surface area contributed by atoms with Crippen LogP contribution in [0, 0.1) is 12.8 Å². The van der Waals surface area contributed by atoms with Crippen LogP contribution >= 0.6 is 0 Å². The molecule has 0 radical (unpaired) electrons. The first-order valence-electron chi connectivity index (χ1n) is 15.1. The predicted molar refractivity (Wildman–Crippen MR) is 172 cm³/mol. The van der Waals surface area contributed by atoms with Crippen molar-refractivity contribution in [2.75, 3.05) is 13.1 Å². The molecule has 0 aromatic carbocycles. The van der Waals surface area contributed by atoms with Crippen LogP contribution in [0.3, 0.4) is 0 Å². The monoisotopic (exact) mass is 615 g/mol. The van der Waals surface area contributed by atoms with Crippen molar-refractivity contribution in [2.24, 2.45) is 5.92 Å². The number of carbonyl (C=O) groups is 3. The van der Waals surface area contributed by atoms with Crippen LogP contribution < -0.4 is 21.7 Å². The molecule has 0 fully saturated rings. The van der Waals surface area contributed by atoms with Crippen molar-refractivity contribution in [3.63, 3.8) is 0 Å². The summed E-state index contributed by atoms with van der Waals surface area (Å²) in [5.74, 6) is -3.59. The van der Waals surface area contributed by atoms with Crippen molar-refractivity contribution in [1.82, 2.24) is 0 Å². The number of unbranched alkanes of at least 4 members (excludes halogenated alkanes) is 3. The van der Waals surface area contributed by atoms with E-state index in [0.29, 0.717) is 12.8 Å². The van der Waals surface area contributed by atoms with E-state index >= 15 is 0 Å². The SMILES string of the molecule is CC/C=C\C/C=C\C/C=C\C/C=C\C/C=C\CCCC(=O)O.[CH2-][C@@H](CCCC[NH3+])C(=O)[O-].[Mg+2].[NH-][C@@H](CCCC[NH3+])C(=O)[O-]. The Morgan fingerprint density at radius 1 is 0.721 bits per heavy atom. The Kier molecular flexibility index (Phi) is 44.1. The minimum absolute atomic E-state index is 0. The number of allylic oxidation sites excluding steroid dienone is 10. The van der Waals surface area contributed by atoms with Crippen molar-refractivity contribution in [3.8, 4) is 0 Å². The third kappa shape index (κ3) is 46.9. The van der Waals surface area contributed by atoms with E-state index in [1.54, 1.807) is 0 Å². The minimum atomic E-state index is -1.27. The number of aliphatic carboxylic acids is 3. The zero-order chi connectivity index (χ0) is 32.3. The number of hydrogen-bond donors (Lipinski definition) is 3. The third-order valence-electron chi connectivity index (χ3n) is 5.58. The molecule has 10 heteroatoms. The van der Waals surface area contributed by atoms with Gasteiger partial charge in [0.25, 0.3) is 0 Å². The molecular formula is C33H57MgN3O6. The Hall–Kier alpha value is -2.24. The molecule has 0 aromatic heterocycles. The quantitative estimate of drug-likeness (QED) is 0.0683. The summed E-state index contributed by atoms with van der Waals surface area (Å²) in [4.78, 5) is 30.4. The van der Waals surface area contributed by atoms with Gasteiger partial charge in [-0.15, -0.1) is 5.92 Å². The Labute approximate surface area is 276 Å². The number of quaternary nitrogens is 2. The minimum Gasteiger partial charge on any atom is -0.670 e. The molecule has 0 saturated heterocycles. The molecule has 0 saturated carbocycles. The van der Waals surface area contributed by atoms with Crippen LogP contribution in [0.25, 0.3) is 5.73 Å². The molecule has 43 heavy (non-hydrogen) atoms. The molecule has 2 atom stereocenters. The first-order valence-corrected chi connectivity index (χ1v) is 15.1. The van der Waals surface area contributed by atoms with E-state index < -0.39 is 29.9 Å². The van der Waals surface area contributed by atoms with Gasteiger partial charge >= 0.3 is 29.0 Å². The maximum atomic E-state index is 10.3. The summed E-state index contributed by atoms with van der Waals surface area (Å²) in [5, 5.41) is 28.6. The summed E-state index contributed by atoms with van der Waals surface area (Å²) in [6.07, 6.45) is 32.9. The zero-order valence-corrected chi connectivity index (χ0v) is 28.0. The van der Waals surface area contributed by atoms with Crippen LogP contribution in [0.15, 0.2) is 60.8 Å². The number of nitrogens with one attached hydrogen (secondary N) is 1. The summed E-state index contributed by atoms with van der Waals surface area (Å²) < 4.78 is 0. The normalized spacial score (nSPS) is 12.6. The number of carboxylic acids is 3. The fraction of sp³-hybridized carbons (Fsp3) is 0.576. The smallest absolute Gasteiger partial charge is 0.670 e. The largest absolute Gasteiger partial charge is 2.00 e. The molecule has 0 aromatic rings. The number of carbonyl (C=O) groups excluding carboxylic acids is 2. The van der Waals surface area contributed by atoms with E-state index in [4.69, 9.17) is 10.8 Å². The molecule has 0 aliphatic rings. The van der Waals surface area contributed by atoms with Gasteiger partial charge in [0.05, 0.1) is 13.1 Å². The molecule has 0 spiro atoms. The van der Waals surface area contributed by atoms with E-state index in [1.807, 2.05) is 0 Å². The standard InChI is InChI=1S/C20H30O2.C7H14NO2.C6H13N2O2.Mg/c1-2-3-4-5-6-7-8-9-10-11-12-13-14-15-16-17-18-19-20(21)22;1-6(7(9)10)4-2-3-5-8;7-4-2-1-3-5(8)6(9)10;/h3-4,6-7,9-10,12-13,15-16H,2,5,8,11,14,17-19H2,1H3,(H,21,22);6H,1-5,8H2,(H,9,10);5,8H,1-4,7H2,(H,9,10);/q;2*-1;+2/b4-3-,7-6-,10-9-,13-12-,16-15-;;;/t;6-;5-;/m.00./s1. The molecule has 0 aliphatic carbocycles. The number of carboxylic acid groups (broad SMARTS) is 3. The maximum Gasteiger partial charge on any atom is 2.00 e. The van der Waals surface area contributed by atoms with Gasteiger partial charge in [0.2, 0.25) is 0 Å². The second-order valence-electron chi connectivity index (χ2n) is 9.58. The summed E-state index contributed by atoms with van der Waals surface area (Å²) in [6, 6.07) is -1.05. The molecule has 0 heterocycles. The summed E-state index contributed by atoms with van der Waals surface area (Å²) >= 11 is 0. The number of rotatable bonds is 23. The topological polar surface area (TPSA) is 197 Å². The van der Waals surface area contributed by atoms with Gasteiger partial charge in [-0.1, -0.05) is 86.6 Å². The molecule has 9 nitrogen and oxygen atoms in total. The average molecular weight is 616 g/mol. The molecule has 0 amide bonds. The molecule has 242 valence electrons. The van der Waals surface area contributed by atoms with Gasteiger partial charge in [0.15, 0.2) is 0 Å². The third-order valence-corrected chi connectivity index (χ3v) is 5.58. The first-order chi connectivity index (χ1) is 20.1. The first kappa shape index (κ1) is 47.7. The van der Waals surface area contributed by atoms with Crippen LogP contribution in [0.1, 0.15) is 96.8 Å². The van der Waals surface area contributed by atoms with Gasteiger partial charge in [-0.05, 0) is 70.6 Å². The van der Waals surface area contributed by atoms with E-state index in [1.165, 1.54) is 0 Å². The molecule has 0 aliphatic heterocycles. The Morgan fingerprint density at radius 2 is 1.14 bits per heavy atom.